The van der Waals surface area contributed by atoms with Crippen molar-refractivity contribution in [1.82, 2.24) is 10.2 Å². The van der Waals surface area contributed by atoms with Crippen LogP contribution >= 0.6 is 0 Å². The molecule has 3 N–H and O–H groups in total. The van der Waals surface area contributed by atoms with E-state index in [2.05, 4.69) is 17.1 Å². The van der Waals surface area contributed by atoms with E-state index in [-0.39, 0.29) is 11.9 Å². The highest BCUT2D eigenvalue weighted by Gasteiger charge is 2.15. The van der Waals surface area contributed by atoms with Crippen molar-refractivity contribution in [2.75, 3.05) is 19.6 Å². The zero-order valence-corrected chi connectivity index (χ0v) is 13.0. The van der Waals surface area contributed by atoms with E-state index >= 15 is 0 Å². The molecular weight excluding hydrogens is 262 g/mol. The van der Waals surface area contributed by atoms with Gasteiger partial charge in [0.15, 0.2) is 0 Å². The highest BCUT2D eigenvalue weighted by Crippen LogP contribution is 2.10. The third-order valence-electron chi connectivity index (χ3n) is 4.08. The van der Waals surface area contributed by atoms with Crippen molar-refractivity contribution in [3.8, 4) is 0 Å². The van der Waals surface area contributed by atoms with Gasteiger partial charge in [-0.1, -0.05) is 30.7 Å². The van der Waals surface area contributed by atoms with Crippen molar-refractivity contribution in [2.24, 2.45) is 5.73 Å². The summed E-state index contributed by atoms with van der Waals surface area (Å²) in [6.45, 7) is 5.84. The molecule has 4 heteroatoms. The summed E-state index contributed by atoms with van der Waals surface area (Å²) in [6, 6.07) is 8.08. The van der Waals surface area contributed by atoms with Gasteiger partial charge in [0, 0.05) is 19.1 Å². The molecule has 1 atom stereocenters. The number of hydrogen-bond acceptors (Lipinski definition) is 3. The van der Waals surface area contributed by atoms with E-state index in [0.29, 0.717) is 13.0 Å². The number of hydrogen-bond donors (Lipinski definition) is 2. The Morgan fingerprint density at radius 2 is 1.90 bits per heavy atom. The maximum absolute atomic E-state index is 12.2. The Morgan fingerprint density at radius 1 is 1.24 bits per heavy atom. The quantitative estimate of drug-likeness (QED) is 0.837. The topological polar surface area (TPSA) is 58.4 Å². The van der Waals surface area contributed by atoms with E-state index in [9.17, 15) is 4.79 Å². The maximum Gasteiger partial charge on any atom is 0.224 e. The van der Waals surface area contributed by atoms with Crippen LogP contribution in [0.4, 0.5) is 0 Å². The molecule has 4 nitrogen and oxygen atoms in total. The normalized spacial score (nSPS) is 17.4. The number of benzene rings is 1. The molecule has 1 saturated heterocycles. The molecule has 1 heterocycles. The second kappa shape index (κ2) is 8.15. The molecule has 1 amide bonds. The Bertz CT molecular complexity index is 455. The summed E-state index contributed by atoms with van der Waals surface area (Å²) in [5.74, 6) is 0.0837. The van der Waals surface area contributed by atoms with Gasteiger partial charge in [-0.15, -0.1) is 0 Å². The summed E-state index contributed by atoms with van der Waals surface area (Å²) >= 11 is 0. The van der Waals surface area contributed by atoms with Gasteiger partial charge in [0.2, 0.25) is 5.91 Å². The largest absolute Gasteiger partial charge is 0.352 e. The number of nitrogens with one attached hydrogen (secondary N) is 1. The maximum atomic E-state index is 12.2. The van der Waals surface area contributed by atoms with E-state index < -0.39 is 0 Å². The van der Waals surface area contributed by atoms with Crippen molar-refractivity contribution in [3.63, 3.8) is 0 Å². The summed E-state index contributed by atoms with van der Waals surface area (Å²) in [5.41, 5.74) is 7.80. The second-order valence-corrected chi connectivity index (χ2v) is 5.98. The molecule has 1 aliphatic rings. The first-order valence-corrected chi connectivity index (χ1v) is 7.97. The van der Waals surface area contributed by atoms with Gasteiger partial charge in [-0.3, -0.25) is 4.79 Å². The average Bonchev–Trinajstić information content (AvgIpc) is 2.48. The van der Waals surface area contributed by atoms with E-state index in [0.717, 1.165) is 30.8 Å². The van der Waals surface area contributed by atoms with E-state index in [4.69, 9.17) is 5.73 Å². The van der Waals surface area contributed by atoms with Crippen LogP contribution in [0, 0.1) is 0 Å². The van der Waals surface area contributed by atoms with Gasteiger partial charge in [-0.05, 0) is 44.0 Å². The van der Waals surface area contributed by atoms with Crippen LogP contribution in [0.25, 0.3) is 0 Å². The van der Waals surface area contributed by atoms with Crippen molar-refractivity contribution in [3.05, 3.63) is 35.4 Å². The molecule has 1 aromatic carbocycles. The minimum absolute atomic E-state index is 0.0837. The predicted molar refractivity (Wildman–Crippen MR) is 85.9 cm³/mol. The smallest absolute Gasteiger partial charge is 0.224 e. The first-order chi connectivity index (χ1) is 10.2. The zero-order chi connectivity index (χ0) is 15.1. The van der Waals surface area contributed by atoms with E-state index in [1.165, 1.54) is 19.3 Å². The predicted octanol–water partition coefficient (Wildman–Crippen LogP) is 1.68. The van der Waals surface area contributed by atoms with Crippen LogP contribution in [0.3, 0.4) is 0 Å². The van der Waals surface area contributed by atoms with E-state index in [1.54, 1.807) is 0 Å². The summed E-state index contributed by atoms with van der Waals surface area (Å²) in [4.78, 5) is 14.6. The van der Waals surface area contributed by atoms with Gasteiger partial charge >= 0.3 is 0 Å². The zero-order valence-electron chi connectivity index (χ0n) is 13.0. The number of piperidine rings is 1. The molecule has 0 spiro atoms. The van der Waals surface area contributed by atoms with Gasteiger partial charge in [0.05, 0.1) is 6.42 Å². The first-order valence-electron chi connectivity index (χ1n) is 7.97. The number of rotatable bonds is 6. The van der Waals surface area contributed by atoms with Gasteiger partial charge in [-0.2, -0.15) is 0 Å². The van der Waals surface area contributed by atoms with Crippen LogP contribution < -0.4 is 11.1 Å². The number of amides is 1. The Balaban J connectivity index is 1.80. The third kappa shape index (κ3) is 5.14. The van der Waals surface area contributed by atoms with Crippen LogP contribution in [-0.2, 0) is 17.8 Å². The van der Waals surface area contributed by atoms with Gasteiger partial charge in [0.25, 0.3) is 0 Å². The first kappa shape index (κ1) is 16.0. The van der Waals surface area contributed by atoms with Crippen molar-refractivity contribution in [1.29, 1.82) is 0 Å². The van der Waals surface area contributed by atoms with Crippen LogP contribution in [0.5, 0.6) is 0 Å². The fourth-order valence-electron chi connectivity index (χ4n) is 3.00. The number of nitrogens with two attached hydrogens (primary N) is 1. The summed E-state index contributed by atoms with van der Waals surface area (Å²) in [5, 5.41) is 3.11. The SMILES string of the molecule is CC(CN1CCCCC1)NC(=O)Cc1ccccc1CN. The molecule has 0 saturated carbocycles. The molecule has 1 aliphatic heterocycles. The average molecular weight is 289 g/mol. The number of carbonyl (C=O) groups excluding carboxylic acids is 1. The Labute approximate surface area is 127 Å². The minimum Gasteiger partial charge on any atom is -0.352 e. The molecule has 1 aromatic rings. The fraction of sp³-hybridized carbons (Fsp3) is 0.588. The lowest BCUT2D eigenvalue weighted by molar-refractivity contribution is -0.121. The molecule has 1 fully saturated rings. The molecule has 0 aromatic heterocycles. The van der Waals surface area contributed by atoms with Gasteiger partial charge in [-0.25, -0.2) is 0 Å². The lowest BCUT2D eigenvalue weighted by Gasteiger charge is -2.29. The second-order valence-electron chi connectivity index (χ2n) is 5.98. The van der Waals surface area contributed by atoms with Crippen molar-refractivity contribution >= 4 is 5.91 Å². The Hall–Kier alpha value is -1.39. The fourth-order valence-corrected chi connectivity index (χ4v) is 3.00. The van der Waals surface area contributed by atoms with Crippen molar-refractivity contribution in [2.45, 2.75) is 45.2 Å². The van der Waals surface area contributed by atoms with Gasteiger partial charge < -0.3 is 16.0 Å². The number of likely N-dealkylation sites (tertiary alicyclic amines) is 1. The molecular formula is C17H27N3O. The van der Waals surface area contributed by atoms with Crippen LogP contribution in [-0.4, -0.2) is 36.5 Å². The molecule has 0 aliphatic carbocycles. The summed E-state index contributed by atoms with van der Waals surface area (Å²) in [6.07, 6.45) is 4.32. The third-order valence-corrected chi connectivity index (χ3v) is 4.08. The molecule has 0 bridgehead atoms. The Morgan fingerprint density at radius 3 is 2.57 bits per heavy atom. The number of carbonyl (C=O) groups is 1. The highest BCUT2D eigenvalue weighted by molar-refractivity contribution is 5.79. The molecule has 0 radical (unpaired) electrons. The lowest BCUT2D eigenvalue weighted by Crippen LogP contribution is -2.44. The van der Waals surface area contributed by atoms with E-state index in [1.807, 2.05) is 24.3 Å². The van der Waals surface area contributed by atoms with Gasteiger partial charge in [0.1, 0.15) is 0 Å². The number of nitrogens with zero attached hydrogens (tertiary/aromatic N) is 1. The lowest BCUT2D eigenvalue weighted by atomic mass is 10.0. The standard InChI is InChI=1S/C17H27N3O/c1-14(13-20-9-5-2-6-10-20)19-17(21)11-15-7-3-4-8-16(15)12-18/h3-4,7-8,14H,2,5-6,9-13,18H2,1H3,(H,19,21). The molecule has 116 valence electrons. The van der Waals surface area contributed by atoms with Crippen LogP contribution in [0.2, 0.25) is 0 Å². The van der Waals surface area contributed by atoms with Crippen LogP contribution in [0.1, 0.15) is 37.3 Å². The Kier molecular flexibility index (Phi) is 6.21. The van der Waals surface area contributed by atoms with Crippen molar-refractivity contribution < 1.29 is 4.79 Å². The highest BCUT2D eigenvalue weighted by atomic mass is 16.1. The summed E-state index contributed by atoms with van der Waals surface area (Å²) < 4.78 is 0. The minimum atomic E-state index is 0.0837. The monoisotopic (exact) mass is 289 g/mol. The van der Waals surface area contributed by atoms with Crippen LogP contribution in [0.15, 0.2) is 24.3 Å². The molecule has 21 heavy (non-hydrogen) atoms. The molecule has 2 rings (SSSR count). The summed E-state index contributed by atoms with van der Waals surface area (Å²) in [7, 11) is 0. The molecule has 1 unspecified atom stereocenters.